The van der Waals surface area contributed by atoms with E-state index in [1.165, 1.54) is 6.07 Å². The highest BCUT2D eigenvalue weighted by Crippen LogP contribution is 2.32. The van der Waals surface area contributed by atoms with Gasteiger partial charge in [0.1, 0.15) is 5.67 Å². The van der Waals surface area contributed by atoms with Crippen LogP contribution < -0.4 is 5.32 Å². The molecule has 1 aliphatic rings. The lowest BCUT2D eigenvalue weighted by Gasteiger charge is -2.30. The third kappa shape index (κ3) is 3.22. The highest BCUT2D eigenvalue weighted by Gasteiger charge is 2.34. The van der Waals surface area contributed by atoms with Gasteiger partial charge < -0.3 is 5.32 Å². The summed E-state index contributed by atoms with van der Waals surface area (Å²) in [6, 6.07) is 4.95. The van der Waals surface area contributed by atoms with Crippen molar-refractivity contribution < 1.29 is 17.6 Å². The molecule has 0 saturated carbocycles. The molecule has 0 bridgehead atoms. The minimum absolute atomic E-state index is 0.0542. The van der Waals surface area contributed by atoms with E-state index in [1.54, 1.807) is 6.07 Å². The van der Waals surface area contributed by atoms with Crippen LogP contribution in [0.4, 0.5) is 17.6 Å². The standard InChI is InChI=1S/C13H15F4N/c14-12(4-6-18-7-5-12)9-10-2-1-3-11(8-10)13(15,16)17/h1-3,8,18H,4-7,9H2. The van der Waals surface area contributed by atoms with E-state index in [2.05, 4.69) is 5.32 Å². The van der Waals surface area contributed by atoms with Crippen molar-refractivity contribution in [1.29, 1.82) is 0 Å². The van der Waals surface area contributed by atoms with Crippen molar-refractivity contribution >= 4 is 0 Å². The predicted molar refractivity (Wildman–Crippen MR) is 61.1 cm³/mol. The number of rotatable bonds is 2. The Morgan fingerprint density at radius 3 is 2.44 bits per heavy atom. The zero-order valence-corrected chi connectivity index (χ0v) is 9.86. The molecule has 0 radical (unpaired) electrons. The molecule has 0 aromatic heterocycles. The Morgan fingerprint density at radius 2 is 1.83 bits per heavy atom. The van der Waals surface area contributed by atoms with Gasteiger partial charge in [-0.05, 0) is 37.6 Å². The molecule has 1 aliphatic heterocycles. The lowest BCUT2D eigenvalue weighted by atomic mass is 9.87. The number of nitrogens with one attached hydrogen (secondary N) is 1. The quantitative estimate of drug-likeness (QED) is 0.805. The van der Waals surface area contributed by atoms with Crippen LogP contribution >= 0.6 is 0 Å². The van der Waals surface area contributed by atoms with Crippen molar-refractivity contribution in [3.63, 3.8) is 0 Å². The number of piperidine rings is 1. The molecule has 0 spiro atoms. The number of halogens is 4. The van der Waals surface area contributed by atoms with Crippen LogP contribution in [0.3, 0.4) is 0 Å². The van der Waals surface area contributed by atoms with E-state index < -0.39 is 17.4 Å². The summed E-state index contributed by atoms with van der Waals surface area (Å²) in [5.74, 6) is 0. The first-order valence-electron chi connectivity index (χ1n) is 5.95. The van der Waals surface area contributed by atoms with Crippen LogP contribution in [-0.2, 0) is 12.6 Å². The van der Waals surface area contributed by atoms with Gasteiger partial charge in [0.2, 0.25) is 0 Å². The molecular weight excluding hydrogens is 246 g/mol. The summed E-state index contributed by atoms with van der Waals surface area (Å²) in [4.78, 5) is 0. The molecule has 1 saturated heterocycles. The summed E-state index contributed by atoms with van der Waals surface area (Å²) in [6.45, 7) is 1.16. The van der Waals surface area contributed by atoms with E-state index in [1.807, 2.05) is 0 Å². The monoisotopic (exact) mass is 261 g/mol. The summed E-state index contributed by atoms with van der Waals surface area (Å²) >= 11 is 0. The molecule has 1 fully saturated rings. The highest BCUT2D eigenvalue weighted by molar-refractivity contribution is 5.27. The Labute approximate surface area is 103 Å². The minimum atomic E-state index is -4.37. The van der Waals surface area contributed by atoms with E-state index in [-0.39, 0.29) is 6.42 Å². The van der Waals surface area contributed by atoms with Gasteiger partial charge in [-0.2, -0.15) is 13.2 Å². The number of benzene rings is 1. The molecule has 1 aromatic rings. The van der Waals surface area contributed by atoms with E-state index in [0.29, 0.717) is 31.5 Å². The Bertz CT molecular complexity index is 408. The number of hydrogen-bond acceptors (Lipinski definition) is 1. The van der Waals surface area contributed by atoms with Crippen molar-refractivity contribution in [2.75, 3.05) is 13.1 Å². The second-order valence-corrected chi connectivity index (χ2v) is 4.78. The van der Waals surface area contributed by atoms with Crippen LogP contribution in [0.25, 0.3) is 0 Å². The minimum Gasteiger partial charge on any atom is -0.316 e. The van der Waals surface area contributed by atoms with Crippen LogP contribution in [0.2, 0.25) is 0 Å². The third-order valence-electron chi connectivity index (χ3n) is 3.27. The van der Waals surface area contributed by atoms with Gasteiger partial charge >= 0.3 is 6.18 Å². The van der Waals surface area contributed by atoms with Gasteiger partial charge in [-0.3, -0.25) is 0 Å². The second kappa shape index (κ2) is 4.88. The highest BCUT2D eigenvalue weighted by atomic mass is 19.4. The molecule has 1 N–H and O–H groups in total. The van der Waals surface area contributed by atoms with Crippen LogP contribution in [0.5, 0.6) is 0 Å². The van der Waals surface area contributed by atoms with Gasteiger partial charge in [-0.25, -0.2) is 4.39 Å². The van der Waals surface area contributed by atoms with Crippen molar-refractivity contribution in [3.05, 3.63) is 35.4 Å². The maximum absolute atomic E-state index is 14.4. The molecule has 1 aromatic carbocycles. The lowest BCUT2D eigenvalue weighted by molar-refractivity contribution is -0.137. The van der Waals surface area contributed by atoms with Gasteiger partial charge in [-0.15, -0.1) is 0 Å². The van der Waals surface area contributed by atoms with Crippen molar-refractivity contribution in [3.8, 4) is 0 Å². The fourth-order valence-corrected chi connectivity index (χ4v) is 2.28. The number of alkyl halides is 4. The maximum atomic E-state index is 14.4. The average Bonchev–Trinajstić information content (AvgIpc) is 2.28. The molecule has 0 unspecified atom stereocenters. The van der Waals surface area contributed by atoms with E-state index >= 15 is 0 Å². The van der Waals surface area contributed by atoms with Gasteiger partial charge in [0.05, 0.1) is 5.56 Å². The first-order chi connectivity index (χ1) is 8.39. The summed E-state index contributed by atoms with van der Waals surface area (Å²) in [7, 11) is 0. The largest absolute Gasteiger partial charge is 0.416 e. The summed E-state index contributed by atoms with van der Waals surface area (Å²) in [5.41, 5.74) is -1.68. The third-order valence-corrected chi connectivity index (χ3v) is 3.27. The number of hydrogen-bond donors (Lipinski definition) is 1. The van der Waals surface area contributed by atoms with Crippen molar-refractivity contribution in [1.82, 2.24) is 5.32 Å². The van der Waals surface area contributed by atoms with Crippen molar-refractivity contribution in [2.24, 2.45) is 0 Å². The van der Waals surface area contributed by atoms with Gasteiger partial charge in [0.15, 0.2) is 0 Å². The van der Waals surface area contributed by atoms with E-state index in [0.717, 1.165) is 12.1 Å². The van der Waals surface area contributed by atoms with Gasteiger partial charge in [-0.1, -0.05) is 18.2 Å². The van der Waals surface area contributed by atoms with Gasteiger partial charge in [0.25, 0.3) is 0 Å². The lowest BCUT2D eigenvalue weighted by Crippen LogP contribution is -2.40. The molecule has 1 heterocycles. The first kappa shape index (κ1) is 13.3. The molecular formula is C13H15F4N. The second-order valence-electron chi connectivity index (χ2n) is 4.78. The molecule has 18 heavy (non-hydrogen) atoms. The van der Waals surface area contributed by atoms with Gasteiger partial charge in [0, 0.05) is 6.42 Å². The molecule has 5 heteroatoms. The summed E-state index contributed by atoms with van der Waals surface area (Å²) < 4.78 is 52.0. The molecule has 0 aliphatic carbocycles. The van der Waals surface area contributed by atoms with E-state index in [4.69, 9.17) is 0 Å². The Morgan fingerprint density at radius 1 is 1.17 bits per heavy atom. The van der Waals surface area contributed by atoms with Crippen LogP contribution in [-0.4, -0.2) is 18.8 Å². The Kier molecular flexibility index (Phi) is 3.61. The zero-order chi connectivity index (χ0) is 13.2. The maximum Gasteiger partial charge on any atom is 0.416 e. The summed E-state index contributed by atoms with van der Waals surface area (Å²) in [6.07, 6.45) is -3.61. The molecule has 2 rings (SSSR count). The topological polar surface area (TPSA) is 12.0 Å². The van der Waals surface area contributed by atoms with E-state index in [9.17, 15) is 17.6 Å². The van der Waals surface area contributed by atoms with Crippen LogP contribution in [0, 0.1) is 0 Å². The Balaban J connectivity index is 2.14. The van der Waals surface area contributed by atoms with Crippen LogP contribution in [0.1, 0.15) is 24.0 Å². The zero-order valence-electron chi connectivity index (χ0n) is 9.86. The molecule has 0 atom stereocenters. The SMILES string of the molecule is FC1(Cc2cccc(C(F)(F)F)c2)CCNCC1. The summed E-state index contributed by atoms with van der Waals surface area (Å²) in [5, 5.41) is 3.04. The molecule has 0 amide bonds. The normalized spacial score (nSPS) is 19.8. The molecule has 100 valence electrons. The Hall–Kier alpha value is -1.10. The first-order valence-corrected chi connectivity index (χ1v) is 5.95. The average molecular weight is 261 g/mol. The van der Waals surface area contributed by atoms with Crippen molar-refractivity contribution in [2.45, 2.75) is 31.1 Å². The smallest absolute Gasteiger partial charge is 0.316 e. The van der Waals surface area contributed by atoms with Crippen LogP contribution in [0.15, 0.2) is 24.3 Å². The molecule has 1 nitrogen and oxygen atoms in total. The fraction of sp³-hybridized carbons (Fsp3) is 0.538. The predicted octanol–water partition coefficient (Wildman–Crippen LogP) is 3.34. The fourth-order valence-electron chi connectivity index (χ4n) is 2.28.